The third-order valence-corrected chi connectivity index (χ3v) is 5.83. The predicted octanol–water partition coefficient (Wildman–Crippen LogP) is 4.40. The summed E-state index contributed by atoms with van der Waals surface area (Å²) in [6.07, 6.45) is 2.26. The third kappa shape index (κ3) is 6.65. The third-order valence-electron chi connectivity index (χ3n) is 5.83. The zero-order chi connectivity index (χ0) is 23.8. The molecule has 0 bridgehead atoms. The van der Waals surface area contributed by atoms with E-state index in [2.05, 4.69) is 52.5 Å². The highest BCUT2D eigenvalue weighted by molar-refractivity contribution is 5.76. The largest absolute Gasteiger partial charge is 0.469 e. The van der Waals surface area contributed by atoms with Crippen molar-refractivity contribution >= 4 is 23.2 Å². The maximum atomic E-state index is 11.8. The zero-order valence-corrected chi connectivity index (χ0v) is 19.9. The standard InChI is InChI=1S/C25H33N5O3/c1-17(2)16-30(21-9-11-33-12-10-21)23-7-5-19(18(3)13-25(31)32-4)14-22(23)27-24-8-6-20(15-26)28-29-24/h5-8,14,17-18,21H,9-13,16H2,1-4H3,(H,27,29). The molecule has 2 aromatic rings. The maximum absolute atomic E-state index is 11.8. The fourth-order valence-corrected chi connectivity index (χ4v) is 4.09. The minimum Gasteiger partial charge on any atom is -0.469 e. The molecular weight excluding hydrogens is 418 g/mol. The molecule has 1 fully saturated rings. The van der Waals surface area contributed by atoms with Gasteiger partial charge in [-0.2, -0.15) is 5.26 Å². The van der Waals surface area contributed by atoms with Crippen LogP contribution in [0.3, 0.4) is 0 Å². The Labute approximate surface area is 195 Å². The molecule has 33 heavy (non-hydrogen) atoms. The summed E-state index contributed by atoms with van der Waals surface area (Å²) < 4.78 is 10.5. The van der Waals surface area contributed by atoms with E-state index in [0.717, 1.165) is 49.5 Å². The molecule has 1 unspecified atom stereocenters. The lowest BCUT2D eigenvalue weighted by Gasteiger charge is -2.38. The van der Waals surface area contributed by atoms with Gasteiger partial charge in [-0.25, -0.2) is 0 Å². The van der Waals surface area contributed by atoms with E-state index in [1.807, 2.05) is 13.0 Å². The molecule has 0 saturated carbocycles. The maximum Gasteiger partial charge on any atom is 0.306 e. The van der Waals surface area contributed by atoms with Gasteiger partial charge in [0.05, 0.1) is 24.9 Å². The van der Waals surface area contributed by atoms with Crippen LogP contribution < -0.4 is 10.2 Å². The van der Waals surface area contributed by atoms with Gasteiger partial charge in [-0.05, 0) is 54.5 Å². The Morgan fingerprint density at radius 1 is 1.24 bits per heavy atom. The van der Waals surface area contributed by atoms with Gasteiger partial charge in [0, 0.05) is 25.8 Å². The highest BCUT2D eigenvalue weighted by Crippen LogP contribution is 2.36. The summed E-state index contributed by atoms with van der Waals surface area (Å²) in [4.78, 5) is 14.3. The second kappa shape index (κ2) is 11.6. The normalized spacial score (nSPS) is 15.0. The highest BCUT2D eigenvalue weighted by atomic mass is 16.5. The summed E-state index contributed by atoms with van der Waals surface area (Å²) in [5, 5.41) is 20.5. The molecule has 8 nitrogen and oxygen atoms in total. The Kier molecular flexibility index (Phi) is 8.61. The molecule has 0 aliphatic carbocycles. The molecule has 0 spiro atoms. The van der Waals surface area contributed by atoms with Crippen LogP contribution in [-0.2, 0) is 14.3 Å². The van der Waals surface area contributed by atoms with Gasteiger partial charge in [0.2, 0.25) is 0 Å². The number of hydrogen-bond acceptors (Lipinski definition) is 8. The van der Waals surface area contributed by atoms with Crippen LogP contribution in [0, 0.1) is 17.2 Å². The van der Waals surface area contributed by atoms with Crippen molar-refractivity contribution in [3.8, 4) is 6.07 Å². The summed E-state index contributed by atoms with van der Waals surface area (Å²) in [5.41, 5.74) is 3.28. The van der Waals surface area contributed by atoms with Gasteiger partial charge in [0.15, 0.2) is 11.5 Å². The minimum atomic E-state index is -0.234. The molecular formula is C25H33N5O3. The number of nitrogens with zero attached hydrogens (tertiary/aromatic N) is 4. The molecule has 3 rings (SSSR count). The molecule has 1 atom stereocenters. The highest BCUT2D eigenvalue weighted by Gasteiger charge is 2.25. The van der Waals surface area contributed by atoms with Crippen molar-refractivity contribution in [3.05, 3.63) is 41.6 Å². The van der Waals surface area contributed by atoms with Crippen molar-refractivity contribution in [1.29, 1.82) is 5.26 Å². The number of anilines is 3. The van der Waals surface area contributed by atoms with Gasteiger partial charge in [-0.15, -0.1) is 10.2 Å². The fourth-order valence-electron chi connectivity index (χ4n) is 4.09. The SMILES string of the molecule is COC(=O)CC(C)c1ccc(N(CC(C)C)C2CCOCC2)c(Nc2ccc(C#N)nn2)c1. The van der Waals surface area contributed by atoms with E-state index in [4.69, 9.17) is 14.7 Å². The van der Waals surface area contributed by atoms with Crippen LogP contribution in [0.2, 0.25) is 0 Å². The van der Waals surface area contributed by atoms with E-state index in [9.17, 15) is 4.79 Å². The Balaban J connectivity index is 1.99. The number of aromatic nitrogens is 2. The molecule has 8 heteroatoms. The van der Waals surface area contributed by atoms with Crippen LogP contribution in [0.5, 0.6) is 0 Å². The van der Waals surface area contributed by atoms with Crippen molar-refractivity contribution in [3.63, 3.8) is 0 Å². The Bertz CT molecular complexity index is 965. The second-order valence-corrected chi connectivity index (χ2v) is 8.89. The Morgan fingerprint density at radius 2 is 2.00 bits per heavy atom. The molecule has 1 aromatic carbocycles. The number of benzene rings is 1. The summed E-state index contributed by atoms with van der Waals surface area (Å²) >= 11 is 0. The average Bonchev–Trinajstić information content (AvgIpc) is 2.83. The number of esters is 1. The number of nitriles is 1. The number of carbonyl (C=O) groups excluding carboxylic acids is 1. The van der Waals surface area contributed by atoms with E-state index in [-0.39, 0.29) is 17.6 Å². The Hall–Kier alpha value is -3.18. The van der Waals surface area contributed by atoms with E-state index in [1.54, 1.807) is 12.1 Å². The number of nitrogens with one attached hydrogen (secondary N) is 1. The lowest BCUT2D eigenvalue weighted by molar-refractivity contribution is -0.140. The van der Waals surface area contributed by atoms with Gasteiger partial charge >= 0.3 is 5.97 Å². The first kappa shape index (κ1) is 24.5. The number of rotatable bonds is 9. The Morgan fingerprint density at radius 3 is 2.61 bits per heavy atom. The molecule has 1 aliphatic heterocycles. The van der Waals surface area contributed by atoms with Gasteiger partial charge in [0.1, 0.15) is 6.07 Å². The van der Waals surface area contributed by atoms with Crippen LogP contribution in [0.1, 0.15) is 57.2 Å². The number of ether oxygens (including phenoxy) is 2. The van der Waals surface area contributed by atoms with Crippen molar-refractivity contribution in [1.82, 2.24) is 10.2 Å². The summed E-state index contributed by atoms with van der Waals surface area (Å²) in [5.74, 6) is 0.807. The molecule has 0 amide bonds. The summed E-state index contributed by atoms with van der Waals surface area (Å²) in [7, 11) is 1.41. The van der Waals surface area contributed by atoms with Gasteiger partial charge in [0.25, 0.3) is 0 Å². The van der Waals surface area contributed by atoms with Gasteiger partial charge in [-0.3, -0.25) is 4.79 Å². The van der Waals surface area contributed by atoms with Gasteiger partial charge < -0.3 is 19.7 Å². The topological polar surface area (TPSA) is 100 Å². The lowest BCUT2D eigenvalue weighted by Crippen LogP contribution is -2.42. The van der Waals surface area contributed by atoms with E-state index < -0.39 is 0 Å². The first-order valence-electron chi connectivity index (χ1n) is 11.5. The smallest absolute Gasteiger partial charge is 0.306 e. The molecule has 1 aliphatic rings. The van der Waals surface area contributed by atoms with Crippen molar-refractivity contribution in [2.24, 2.45) is 5.92 Å². The fraction of sp³-hybridized carbons (Fsp3) is 0.520. The average molecular weight is 452 g/mol. The molecule has 2 heterocycles. The summed E-state index contributed by atoms with van der Waals surface area (Å²) in [6, 6.07) is 12.1. The van der Waals surface area contributed by atoms with Crippen LogP contribution in [-0.4, -0.2) is 49.1 Å². The first-order valence-corrected chi connectivity index (χ1v) is 11.5. The minimum absolute atomic E-state index is 0.000674. The van der Waals surface area contributed by atoms with Crippen LogP contribution in [0.25, 0.3) is 0 Å². The molecule has 1 aromatic heterocycles. The number of hydrogen-bond donors (Lipinski definition) is 1. The quantitative estimate of drug-likeness (QED) is 0.560. The number of methoxy groups -OCH3 is 1. The summed E-state index contributed by atoms with van der Waals surface area (Å²) in [6.45, 7) is 8.89. The molecule has 1 saturated heterocycles. The van der Waals surface area contributed by atoms with Gasteiger partial charge in [-0.1, -0.05) is 26.8 Å². The monoisotopic (exact) mass is 451 g/mol. The zero-order valence-electron chi connectivity index (χ0n) is 19.9. The van der Waals surface area contributed by atoms with Crippen molar-refractivity contribution in [2.75, 3.05) is 37.1 Å². The molecule has 176 valence electrons. The second-order valence-electron chi connectivity index (χ2n) is 8.89. The predicted molar refractivity (Wildman–Crippen MR) is 128 cm³/mol. The first-order chi connectivity index (χ1) is 15.9. The van der Waals surface area contributed by atoms with Crippen LogP contribution >= 0.6 is 0 Å². The van der Waals surface area contributed by atoms with Crippen LogP contribution in [0.4, 0.5) is 17.2 Å². The van der Waals surface area contributed by atoms with E-state index in [0.29, 0.717) is 24.2 Å². The van der Waals surface area contributed by atoms with E-state index in [1.165, 1.54) is 7.11 Å². The van der Waals surface area contributed by atoms with Crippen molar-refractivity contribution in [2.45, 2.75) is 52.0 Å². The van der Waals surface area contributed by atoms with E-state index >= 15 is 0 Å². The molecule has 0 radical (unpaired) electrons. The lowest BCUT2D eigenvalue weighted by atomic mass is 9.95. The molecule has 1 N–H and O–H groups in total. The number of carbonyl (C=O) groups is 1. The van der Waals surface area contributed by atoms with Crippen LogP contribution in [0.15, 0.2) is 30.3 Å². The van der Waals surface area contributed by atoms with Crippen molar-refractivity contribution < 1.29 is 14.3 Å².